The Morgan fingerprint density at radius 2 is 1.82 bits per heavy atom. The zero-order valence-corrected chi connectivity index (χ0v) is 18.2. The quantitative estimate of drug-likeness (QED) is 0.626. The van der Waals surface area contributed by atoms with Crippen LogP contribution < -0.4 is 10.6 Å². The van der Waals surface area contributed by atoms with E-state index in [0.717, 1.165) is 16.4 Å². The average molecular weight is 463 g/mol. The van der Waals surface area contributed by atoms with Crippen LogP contribution in [-0.4, -0.2) is 74.0 Å². The van der Waals surface area contributed by atoms with Crippen LogP contribution in [0.3, 0.4) is 0 Å². The lowest BCUT2D eigenvalue weighted by molar-refractivity contribution is 0.1000. The number of carbonyl (C=O) groups excluding carboxylic acids is 2. The normalized spacial score (nSPS) is 17.9. The van der Waals surface area contributed by atoms with Crippen molar-refractivity contribution < 1.29 is 14.0 Å². The fourth-order valence-electron chi connectivity index (χ4n) is 4.02. The number of nitrogens with zero attached hydrogens (tertiary/aromatic N) is 8. The van der Waals surface area contributed by atoms with Gasteiger partial charge in [0.15, 0.2) is 11.6 Å². The fraction of sp³-hybridized carbons (Fsp3) is 0.273. The van der Waals surface area contributed by atoms with E-state index in [0.29, 0.717) is 38.5 Å². The van der Waals surface area contributed by atoms with Gasteiger partial charge in [0.05, 0.1) is 24.0 Å². The summed E-state index contributed by atoms with van der Waals surface area (Å²) in [6.45, 7) is 1.82. The molecule has 0 radical (unpaired) electrons. The Labute approximate surface area is 194 Å². The summed E-state index contributed by atoms with van der Waals surface area (Å²) in [5, 5.41) is 9.80. The molecule has 2 aromatic heterocycles. The molecule has 0 saturated carbocycles. The number of hydrazone groups is 1. The number of urea groups is 1. The zero-order chi connectivity index (χ0) is 23.7. The molecule has 1 aromatic carbocycles. The number of benzene rings is 1. The summed E-state index contributed by atoms with van der Waals surface area (Å²) in [6, 6.07) is 9.55. The Balaban J connectivity index is 1.27. The molecule has 1 atom stereocenters. The standard InChI is InChI=1S/C22H22FN9O2/c23-17-13-25-21(28-20(17)31-14-16(12-27-31)19(24)33)29-8-10-30(11-9-29)22(34)32-18(6-7-26-32)15-4-2-1-3-5-15/h1-5,7,12-14,18H,6,8-11H2,(H2,24,33)/t18-/m0/s1. The molecule has 2 aliphatic heterocycles. The lowest BCUT2D eigenvalue weighted by Gasteiger charge is -2.37. The van der Waals surface area contributed by atoms with Crippen LogP contribution in [0.1, 0.15) is 28.4 Å². The van der Waals surface area contributed by atoms with Gasteiger partial charge < -0.3 is 15.5 Å². The van der Waals surface area contributed by atoms with Crippen LogP contribution in [0.25, 0.3) is 5.82 Å². The van der Waals surface area contributed by atoms with Gasteiger partial charge in [-0.05, 0) is 5.56 Å². The van der Waals surface area contributed by atoms with E-state index in [2.05, 4.69) is 20.2 Å². The van der Waals surface area contributed by atoms with Crippen LogP contribution in [0.4, 0.5) is 15.1 Å². The van der Waals surface area contributed by atoms with Crippen molar-refractivity contribution in [3.05, 3.63) is 65.9 Å². The molecule has 5 rings (SSSR count). The first-order chi connectivity index (χ1) is 16.5. The first-order valence-corrected chi connectivity index (χ1v) is 10.8. The van der Waals surface area contributed by atoms with Crippen molar-refractivity contribution in [3.63, 3.8) is 0 Å². The number of anilines is 1. The Morgan fingerprint density at radius 3 is 2.53 bits per heavy atom. The second kappa shape index (κ2) is 8.89. The Bertz CT molecular complexity index is 1240. The number of primary amides is 1. The maximum Gasteiger partial charge on any atom is 0.341 e. The van der Waals surface area contributed by atoms with E-state index >= 15 is 0 Å². The molecule has 1 saturated heterocycles. The van der Waals surface area contributed by atoms with Crippen LogP contribution in [0.15, 0.2) is 54.0 Å². The largest absolute Gasteiger partial charge is 0.366 e. The summed E-state index contributed by atoms with van der Waals surface area (Å²) in [5.41, 5.74) is 6.43. The molecule has 0 spiro atoms. The number of rotatable bonds is 4. The molecule has 0 unspecified atom stereocenters. The van der Waals surface area contributed by atoms with Crippen molar-refractivity contribution in [2.24, 2.45) is 10.8 Å². The first-order valence-electron chi connectivity index (χ1n) is 10.8. The smallest absolute Gasteiger partial charge is 0.341 e. The molecule has 3 aromatic rings. The van der Waals surface area contributed by atoms with E-state index in [1.807, 2.05) is 35.2 Å². The van der Waals surface area contributed by atoms with Gasteiger partial charge in [0.25, 0.3) is 5.91 Å². The van der Waals surface area contributed by atoms with Crippen molar-refractivity contribution in [2.75, 3.05) is 31.1 Å². The third-order valence-electron chi connectivity index (χ3n) is 5.84. The molecule has 174 valence electrons. The van der Waals surface area contributed by atoms with Crippen LogP contribution in [0.2, 0.25) is 0 Å². The van der Waals surface area contributed by atoms with E-state index in [1.165, 1.54) is 17.4 Å². The molecule has 12 heteroatoms. The van der Waals surface area contributed by atoms with Crippen molar-refractivity contribution in [2.45, 2.75) is 12.5 Å². The number of halogens is 1. The third-order valence-corrected chi connectivity index (χ3v) is 5.84. The number of carbonyl (C=O) groups is 2. The lowest BCUT2D eigenvalue weighted by atomic mass is 10.1. The molecule has 34 heavy (non-hydrogen) atoms. The summed E-state index contributed by atoms with van der Waals surface area (Å²) in [7, 11) is 0. The van der Waals surface area contributed by atoms with Gasteiger partial charge in [0, 0.05) is 45.0 Å². The molecule has 0 bridgehead atoms. The zero-order valence-electron chi connectivity index (χ0n) is 18.2. The Morgan fingerprint density at radius 1 is 1.06 bits per heavy atom. The summed E-state index contributed by atoms with van der Waals surface area (Å²) in [5.74, 6) is -1.14. The minimum atomic E-state index is -0.685. The predicted molar refractivity (Wildman–Crippen MR) is 121 cm³/mol. The summed E-state index contributed by atoms with van der Waals surface area (Å²) in [4.78, 5) is 36.5. The van der Waals surface area contributed by atoms with E-state index < -0.39 is 11.7 Å². The van der Waals surface area contributed by atoms with Crippen molar-refractivity contribution in [3.8, 4) is 5.82 Å². The molecule has 2 aliphatic rings. The van der Waals surface area contributed by atoms with Gasteiger partial charge in [-0.3, -0.25) is 4.79 Å². The topological polar surface area (TPSA) is 126 Å². The van der Waals surface area contributed by atoms with E-state index in [-0.39, 0.29) is 23.5 Å². The highest BCUT2D eigenvalue weighted by Crippen LogP contribution is 2.29. The highest BCUT2D eigenvalue weighted by atomic mass is 19.1. The molecule has 11 nitrogen and oxygen atoms in total. The molecule has 1 fully saturated rings. The number of hydrogen-bond acceptors (Lipinski definition) is 7. The van der Waals surface area contributed by atoms with Crippen LogP contribution >= 0.6 is 0 Å². The highest BCUT2D eigenvalue weighted by molar-refractivity contribution is 5.92. The summed E-state index contributed by atoms with van der Waals surface area (Å²) in [6.07, 6.45) is 6.06. The number of piperazine rings is 1. The Kier molecular flexibility index (Phi) is 5.62. The lowest BCUT2D eigenvalue weighted by Crippen LogP contribution is -2.52. The van der Waals surface area contributed by atoms with Gasteiger partial charge in [-0.1, -0.05) is 30.3 Å². The minimum absolute atomic E-state index is 0.0897. The maximum absolute atomic E-state index is 14.4. The van der Waals surface area contributed by atoms with Crippen LogP contribution in [0.5, 0.6) is 0 Å². The number of amides is 3. The van der Waals surface area contributed by atoms with Gasteiger partial charge in [0.2, 0.25) is 5.95 Å². The van der Waals surface area contributed by atoms with Crippen molar-refractivity contribution >= 4 is 24.1 Å². The van der Waals surface area contributed by atoms with Crippen LogP contribution in [0, 0.1) is 5.82 Å². The maximum atomic E-state index is 14.4. The van der Waals surface area contributed by atoms with Gasteiger partial charge in [-0.2, -0.15) is 15.2 Å². The second-order valence-electron chi connectivity index (χ2n) is 7.94. The number of aromatic nitrogens is 4. The highest BCUT2D eigenvalue weighted by Gasteiger charge is 2.33. The molecule has 2 N–H and O–H groups in total. The Hall–Kier alpha value is -4.35. The monoisotopic (exact) mass is 463 g/mol. The van der Waals surface area contributed by atoms with Gasteiger partial charge in [-0.25, -0.2) is 23.9 Å². The van der Waals surface area contributed by atoms with Crippen molar-refractivity contribution in [1.82, 2.24) is 29.7 Å². The molecular formula is C22H22FN9O2. The van der Waals surface area contributed by atoms with E-state index in [1.54, 1.807) is 11.1 Å². The van der Waals surface area contributed by atoms with E-state index in [9.17, 15) is 14.0 Å². The van der Waals surface area contributed by atoms with Gasteiger partial charge in [0.1, 0.15) is 0 Å². The molecule has 3 amide bonds. The summed E-state index contributed by atoms with van der Waals surface area (Å²) >= 11 is 0. The molecule has 4 heterocycles. The third kappa shape index (κ3) is 4.05. The average Bonchev–Trinajstić information content (AvgIpc) is 3.55. The molecular weight excluding hydrogens is 441 g/mol. The van der Waals surface area contributed by atoms with Crippen molar-refractivity contribution in [1.29, 1.82) is 0 Å². The first kappa shape index (κ1) is 21.5. The van der Waals surface area contributed by atoms with Crippen LogP contribution in [-0.2, 0) is 0 Å². The number of nitrogens with two attached hydrogens (primary N) is 1. The van der Waals surface area contributed by atoms with Gasteiger partial charge >= 0.3 is 6.03 Å². The van der Waals surface area contributed by atoms with Gasteiger partial charge in [-0.15, -0.1) is 0 Å². The summed E-state index contributed by atoms with van der Waals surface area (Å²) < 4.78 is 15.5. The van der Waals surface area contributed by atoms with E-state index in [4.69, 9.17) is 5.73 Å². The second-order valence-corrected chi connectivity index (χ2v) is 7.94. The minimum Gasteiger partial charge on any atom is -0.366 e. The molecule has 0 aliphatic carbocycles. The predicted octanol–water partition coefficient (Wildman–Crippen LogP) is 1.58. The fourth-order valence-corrected chi connectivity index (χ4v) is 4.02. The number of hydrogen-bond donors (Lipinski definition) is 1. The SMILES string of the molecule is NC(=O)c1cnn(-c2nc(N3CCN(C(=O)N4N=CC[C@H]4c4ccccc4)CC3)ncc2F)c1.